The summed E-state index contributed by atoms with van der Waals surface area (Å²) < 4.78 is 0. The van der Waals surface area contributed by atoms with E-state index in [1.54, 1.807) is 7.11 Å². The van der Waals surface area contributed by atoms with E-state index in [9.17, 15) is 0 Å². The molecule has 68 valence electrons. The molecule has 0 aliphatic heterocycles. The van der Waals surface area contributed by atoms with Crippen molar-refractivity contribution in [2.45, 2.75) is 0 Å². The number of anilines is 1. The fraction of sp³-hybridized carbons (Fsp3) is 0.250. The zero-order valence-electron chi connectivity index (χ0n) is 6.76. The Hall–Kier alpha value is -0.440. The lowest BCUT2D eigenvalue weighted by atomic mass is 10.3. The molecule has 12 heavy (non-hydrogen) atoms. The van der Waals surface area contributed by atoms with Gasteiger partial charge in [0.2, 0.25) is 0 Å². The lowest BCUT2D eigenvalue weighted by Gasteiger charge is -1.99. The molecule has 4 heteroatoms. The van der Waals surface area contributed by atoms with Crippen LogP contribution in [0.2, 0.25) is 0 Å². The first-order valence-electron chi connectivity index (χ1n) is 3.31. The van der Waals surface area contributed by atoms with Crippen LogP contribution < -0.4 is 5.48 Å². The first-order valence-corrected chi connectivity index (χ1v) is 4.38. The second-order valence-corrected chi connectivity index (χ2v) is 2.58. The Kier molecular flexibility index (Phi) is 8.34. The maximum atomic E-state index is 4.76. The fourth-order valence-corrected chi connectivity index (χ4v) is 0.624. The van der Waals surface area contributed by atoms with E-state index in [0.29, 0.717) is 0 Å². The van der Waals surface area contributed by atoms with Crippen LogP contribution in [0.3, 0.4) is 0 Å². The summed E-state index contributed by atoms with van der Waals surface area (Å²) >= 11 is 9.53. The SMILES string of the molecule is CONc1ccccc1.ClCCl. The summed E-state index contributed by atoms with van der Waals surface area (Å²) in [4.78, 5) is 4.68. The van der Waals surface area contributed by atoms with Crippen LogP contribution in [0, 0.1) is 0 Å². The first kappa shape index (κ1) is 11.6. The molecule has 0 saturated heterocycles. The molecule has 0 unspecified atom stereocenters. The molecule has 0 fully saturated rings. The maximum absolute atomic E-state index is 4.76. The third kappa shape index (κ3) is 6.28. The van der Waals surface area contributed by atoms with Crippen molar-refractivity contribution < 1.29 is 4.84 Å². The molecule has 1 rings (SSSR count). The highest BCUT2D eigenvalue weighted by molar-refractivity contribution is 6.40. The van der Waals surface area contributed by atoms with E-state index in [1.807, 2.05) is 30.3 Å². The van der Waals surface area contributed by atoms with E-state index in [4.69, 9.17) is 23.2 Å². The molecule has 0 aromatic heterocycles. The van der Waals surface area contributed by atoms with Crippen molar-refractivity contribution in [3.05, 3.63) is 30.3 Å². The number of hydrogen-bond acceptors (Lipinski definition) is 2. The molecular formula is C8H11Cl2NO. The molecule has 1 aromatic rings. The van der Waals surface area contributed by atoms with Gasteiger partial charge in [0.05, 0.1) is 18.1 Å². The normalized spacial score (nSPS) is 8.25. The molecule has 0 radical (unpaired) electrons. The summed E-state index contributed by atoms with van der Waals surface area (Å²) in [5, 5.41) is 0.194. The summed E-state index contributed by atoms with van der Waals surface area (Å²) in [6.45, 7) is 0. The highest BCUT2D eigenvalue weighted by Crippen LogP contribution is 2.03. The molecule has 1 aromatic carbocycles. The van der Waals surface area contributed by atoms with Gasteiger partial charge in [0, 0.05) is 0 Å². The van der Waals surface area contributed by atoms with Gasteiger partial charge < -0.3 is 0 Å². The number of benzene rings is 1. The molecule has 0 aliphatic carbocycles. The molecular weight excluding hydrogens is 197 g/mol. The molecule has 0 amide bonds. The lowest BCUT2D eigenvalue weighted by molar-refractivity contribution is 0.271. The highest BCUT2D eigenvalue weighted by Gasteiger charge is 1.82. The highest BCUT2D eigenvalue weighted by atomic mass is 35.5. The third-order valence-electron chi connectivity index (χ3n) is 0.994. The number of hydrogen-bond donors (Lipinski definition) is 1. The van der Waals surface area contributed by atoms with Gasteiger partial charge in [0.1, 0.15) is 0 Å². The Morgan fingerprint density at radius 1 is 1.25 bits per heavy atom. The van der Waals surface area contributed by atoms with Crippen LogP contribution in [0.5, 0.6) is 0 Å². The maximum Gasteiger partial charge on any atom is 0.0967 e. The van der Waals surface area contributed by atoms with Gasteiger partial charge in [0.15, 0.2) is 0 Å². The van der Waals surface area contributed by atoms with E-state index in [0.717, 1.165) is 5.69 Å². The van der Waals surface area contributed by atoms with Crippen molar-refractivity contribution in [1.29, 1.82) is 0 Å². The third-order valence-corrected chi connectivity index (χ3v) is 0.994. The van der Waals surface area contributed by atoms with Gasteiger partial charge in [-0.1, -0.05) is 18.2 Å². The zero-order chi connectivity index (χ0) is 9.23. The van der Waals surface area contributed by atoms with Crippen LogP contribution in [-0.4, -0.2) is 12.4 Å². The molecule has 0 heterocycles. The Morgan fingerprint density at radius 2 is 1.75 bits per heavy atom. The average molecular weight is 208 g/mol. The second kappa shape index (κ2) is 8.65. The topological polar surface area (TPSA) is 21.3 Å². The van der Waals surface area contributed by atoms with Gasteiger partial charge in [-0.25, -0.2) is 0 Å². The van der Waals surface area contributed by atoms with Crippen LogP contribution in [-0.2, 0) is 4.84 Å². The first-order chi connectivity index (χ1) is 5.85. The predicted molar refractivity (Wildman–Crippen MR) is 53.6 cm³/mol. The van der Waals surface area contributed by atoms with Crippen molar-refractivity contribution in [3.8, 4) is 0 Å². The Morgan fingerprint density at radius 3 is 2.17 bits per heavy atom. The molecule has 1 N–H and O–H groups in total. The quantitative estimate of drug-likeness (QED) is 0.595. The Bertz CT molecular complexity index is 182. The molecule has 0 spiro atoms. The molecule has 0 aliphatic rings. The summed E-state index contributed by atoms with van der Waals surface area (Å²) in [5.74, 6) is 0. The molecule has 0 atom stereocenters. The van der Waals surface area contributed by atoms with Crippen molar-refractivity contribution in [1.82, 2.24) is 0 Å². The number of rotatable bonds is 2. The van der Waals surface area contributed by atoms with Gasteiger partial charge in [-0.15, -0.1) is 23.2 Å². The van der Waals surface area contributed by atoms with E-state index in [2.05, 4.69) is 10.3 Å². The van der Waals surface area contributed by atoms with E-state index >= 15 is 0 Å². The lowest BCUT2D eigenvalue weighted by Crippen LogP contribution is -1.93. The standard InChI is InChI=1S/C7H9NO.CH2Cl2/c1-9-8-7-5-3-2-4-6-7;2-1-3/h2-6,8H,1H3;1H2. The van der Waals surface area contributed by atoms with Gasteiger partial charge in [-0.2, -0.15) is 0 Å². The summed E-state index contributed by atoms with van der Waals surface area (Å²) in [7, 11) is 1.59. The van der Waals surface area contributed by atoms with Crippen molar-refractivity contribution in [2.75, 3.05) is 17.9 Å². The predicted octanol–water partition coefficient (Wildman–Crippen LogP) is 3.08. The van der Waals surface area contributed by atoms with Crippen LogP contribution in [0.25, 0.3) is 0 Å². The van der Waals surface area contributed by atoms with Crippen LogP contribution >= 0.6 is 23.2 Å². The van der Waals surface area contributed by atoms with Crippen LogP contribution in [0.1, 0.15) is 0 Å². The molecule has 2 nitrogen and oxygen atoms in total. The average Bonchev–Trinajstić information content (AvgIpc) is 2.08. The molecule has 0 saturated carbocycles. The smallest absolute Gasteiger partial charge is 0.0967 e. The monoisotopic (exact) mass is 207 g/mol. The molecule has 0 bridgehead atoms. The fourth-order valence-electron chi connectivity index (χ4n) is 0.624. The van der Waals surface area contributed by atoms with Crippen molar-refractivity contribution in [3.63, 3.8) is 0 Å². The number of alkyl halides is 2. The van der Waals surface area contributed by atoms with Crippen LogP contribution in [0.15, 0.2) is 30.3 Å². The summed E-state index contributed by atoms with van der Waals surface area (Å²) in [6.07, 6.45) is 0. The Labute approximate surface area is 82.4 Å². The minimum Gasteiger partial charge on any atom is -0.279 e. The summed E-state index contributed by atoms with van der Waals surface area (Å²) in [5.41, 5.74) is 3.68. The van der Waals surface area contributed by atoms with E-state index < -0.39 is 0 Å². The largest absolute Gasteiger partial charge is 0.279 e. The second-order valence-electron chi connectivity index (χ2n) is 1.77. The van der Waals surface area contributed by atoms with Gasteiger partial charge in [-0.3, -0.25) is 10.3 Å². The van der Waals surface area contributed by atoms with E-state index in [1.165, 1.54) is 0 Å². The Balaban J connectivity index is 0.000000354. The zero-order valence-corrected chi connectivity index (χ0v) is 8.27. The number of halogens is 2. The van der Waals surface area contributed by atoms with Crippen molar-refractivity contribution >= 4 is 28.9 Å². The van der Waals surface area contributed by atoms with Crippen LogP contribution in [0.4, 0.5) is 5.69 Å². The van der Waals surface area contributed by atoms with Gasteiger partial charge in [-0.05, 0) is 12.1 Å². The minimum absolute atomic E-state index is 0.194. The summed E-state index contributed by atoms with van der Waals surface area (Å²) in [6, 6.07) is 9.72. The number of para-hydroxylation sites is 1. The number of nitrogens with one attached hydrogen (secondary N) is 1. The van der Waals surface area contributed by atoms with Gasteiger partial charge in [0.25, 0.3) is 0 Å². The minimum atomic E-state index is 0.194. The van der Waals surface area contributed by atoms with E-state index in [-0.39, 0.29) is 5.34 Å². The van der Waals surface area contributed by atoms with Crippen molar-refractivity contribution in [2.24, 2.45) is 0 Å². The van der Waals surface area contributed by atoms with Gasteiger partial charge >= 0.3 is 0 Å².